The van der Waals surface area contributed by atoms with Gasteiger partial charge in [-0.15, -0.1) is 0 Å². The second kappa shape index (κ2) is 4.14. The van der Waals surface area contributed by atoms with Gasteiger partial charge in [0.1, 0.15) is 0 Å². The molecular formula is C12H14N4O4. The van der Waals surface area contributed by atoms with Crippen molar-refractivity contribution in [3.05, 3.63) is 22.2 Å². The van der Waals surface area contributed by atoms with Crippen LogP contribution in [0.4, 0.5) is 11.4 Å². The first kappa shape index (κ1) is 12.8. The summed E-state index contributed by atoms with van der Waals surface area (Å²) >= 11 is 0. The van der Waals surface area contributed by atoms with E-state index in [0.717, 1.165) is 0 Å². The van der Waals surface area contributed by atoms with Crippen LogP contribution in [0.3, 0.4) is 0 Å². The van der Waals surface area contributed by atoms with Crippen LogP contribution in [0.5, 0.6) is 0 Å². The van der Waals surface area contributed by atoms with Crippen LogP contribution in [0.1, 0.15) is 20.3 Å². The van der Waals surface area contributed by atoms with Gasteiger partial charge in [0.05, 0.1) is 16.7 Å². The summed E-state index contributed by atoms with van der Waals surface area (Å²) in [5, 5.41) is 31.2. The number of anilines is 1. The number of nitrogens with zero attached hydrogens (tertiary/aromatic N) is 3. The molecule has 2 N–H and O–H groups in total. The quantitative estimate of drug-likeness (QED) is 0.648. The highest BCUT2D eigenvalue weighted by Crippen LogP contribution is 2.43. The van der Waals surface area contributed by atoms with Gasteiger partial charge in [0.25, 0.3) is 0 Å². The zero-order chi connectivity index (χ0) is 14.5. The van der Waals surface area contributed by atoms with E-state index in [0.29, 0.717) is 17.6 Å². The number of nitrogens with one attached hydrogen (secondary N) is 1. The van der Waals surface area contributed by atoms with Gasteiger partial charge >= 0.3 is 5.69 Å². The number of benzene rings is 1. The van der Waals surface area contributed by atoms with Crippen LogP contribution < -0.4 is 5.32 Å². The van der Waals surface area contributed by atoms with E-state index in [-0.39, 0.29) is 28.8 Å². The number of aliphatic hydroxyl groups is 1. The molecule has 8 heteroatoms. The molecule has 1 aromatic carbocycles. The lowest BCUT2D eigenvalue weighted by molar-refractivity contribution is -0.383. The topological polar surface area (TPSA) is 114 Å². The molecule has 1 saturated carbocycles. The molecule has 106 valence electrons. The van der Waals surface area contributed by atoms with Gasteiger partial charge in [-0.2, -0.15) is 0 Å². The maximum atomic E-state index is 10.9. The molecule has 1 fully saturated rings. The number of aromatic nitrogens is 2. The SMILES string of the molecule is CC1(C)C(O)CC1Nc1ccc([N+](=O)[O-])c2nonc12. The average Bonchev–Trinajstić information content (AvgIpc) is 2.87. The molecular weight excluding hydrogens is 264 g/mol. The van der Waals surface area contributed by atoms with Gasteiger partial charge in [-0.05, 0) is 22.8 Å². The molecule has 1 aromatic heterocycles. The fraction of sp³-hybridized carbons (Fsp3) is 0.500. The Labute approximate surface area is 113 Å². The molecule has 1 aliphatic rings. The lowest BCUT2D eigenvalue weighted by atomic mass is 9.64. The van der Waals surface area contributed by atoms with E-state index in [9.17, 15) is 15.2 Å². The van der Waals surface area contributed by atoms with Gasteiger partial charge in [-0.3, -0.25) is 10.1 Å². The maximum absolute atomic E-state index is 10.9. The van der Waals surface area contributed by atoms with Crippen molar-refractivity contribution in [2.45, 2.75) is 32.4 Å². The van der Waals surface area contributed by atoms with Crippen molar-refractivity contribution in [3.63, 3.8) is 0 Å². The van der Waals surface area contributed by atoms with Crippen LogP contribution in [-0.4, -0.2) is 32.5 Å². The summed E-state index contributed by atoms with van der Waals surface area (Å²) in [5.74, 6) is 0. The highest BCUT2D eigenvalue weighted by molar-refractivity contribution is 5.93. The van der Waals surface area contributed by atoms with Crippen LogP contribution in [0, 0.1) is 15.5 Å². The largest absolute Gasteiger partial charge is 0.392 e. The molecule has 0 amide bonds. The summed E-state index contributed by atoms with van der Waals surface area (Å²) in [7, 11) is 0. The van der Waals surface area contributed by atoms with E-state index in [1.807, 2.05) is 13.8 Å². The Balaban J connectivity index is 1.96. The molecule has 0 radical (unpaired) electrons. The molecule has 20 heavy (non-hydrogen) atoms. The van der Waals surface area contributed by atoms with Crippen molar-refractivity contribution in [1.82, 2.24) is 10.3 Å². The van der Waals surface area contributed by atoms with Gasteiger partial charge in [0.2, 0.25) is 5.52 Å². The molecule has 0 spiro atoms. The smallest absolute Gasteiger partial charge is 0.300 e. The molecule has 2 unspecified atom stereocenters. The molecule has 1 heterocycles. The van der Waals surface area contributed by atoms with E-state index in [1.165, 1.54) is 6.07 Å². The van der Waals surface area contributed by atoms with Crippen molar-refractivity contribution in [3.8, 4) is 0 Å². The first-order valence-electron chi connectivity index (χ1n) is 6.25. The number of hydrogen-bond acceptors (Lipinski definition) is 7. The standard InChI is InChI=1S/C12H14N4O4/c1-12(2)8(5-9(12)17)13-6-3-4-7(16(18)19)11-10(6)14-20-15-11/h3-4,8-9,13,17H,5H2,1-2H3. The summed E-state index contributed by atoms with van der Waals surface area (Å²) in [6.45, 7) is 3.92. The molecule has 0 saturated heterocycles. The number of nitro benzene ring substituents is 1. The first-order chi connectivity index (χ1) is 9.41. The highest BCUT2D eigenvalue weighted by Gasteiger charge is 2.47. The number of hydrogen-bond donors (Lipinski definition) is 2. The Hall–Kier alpha value is -2.22. The summed E-state index contributed by atoms with van der Waals surface area (Å²) in [5.41, 5.74) is 0.677. The van der Waals surface area contributed by atoms with E-state index < -0.39 is 4.92 Å². The lowest BCUT2D eigenvalue weighted by Crippen LogP contribution is -2.56. The molecule has 2 aromatic rings. The third kappa shape index (κ3) is 1.72. The summed E-state index contributed by atoms with van der Waals surface area (Å²) in [6, 6.07) is 3.03. The van der Waals surface area contributed by atoms with E-state index in [4.69, 9.17) is 0 Å². The highest BCUT2D eigenvalue weighted by atomic mass is 16.6. The van der Waals surface area contributed by atoms with Crippen LogP contribution in [0.25, 0.3) is 11.0 Å². The Morgan fingerprint density at radius 1 is 1.45 bits per heavy atom. The predicted molar refractivity (Wildman–Crippen MR) is 70.3 cm³/mol. The van der Waals surface area contributed by atoms with Gasteiger partial charge in [-0.1, -0.05) is 13.8 Å². The van der Waals surface area contributed by atoms with Crippen LogP contribution in [0.15, 0.2) is 16.8 Å². The Morgan fingerprint density at radius 2 is 2.15 bits per heavy atom. The normalized spacial score (nSPS) is 24.4. The minimum absolute atomic E-state index is 0.0684. The third-order valence-electron chi connectivity index (χ3n) is 4.14. The third-order valence-corrected chi connectivity index (χ3v) is 4.14. The van der Waals surface area contributed by atoms with Crippen LogP contribution >= 0.6 is 0 Å². The molecule has 1 aliphatic carbocycles. The first-order valence-corrected chi connectivity index (χ1v) is 6.25. The lowest BCUT2D eigenvalue weighted by Gasteiger charge is -2.49. The Morgan fingerprint density at radius 3 is 2.75 bits per heavy atom. The zero-order valence-electron chi connectivity index (χ0n) is 11.0. The average molecular weight is 278 g/mol. The number of aliphatic hydroxyl groups excluding tert-OH is 1. The Kier molecular flexibility index (Phi) is 2.65. The number of fused-ring (bicyclic) bond motifs is 1. The number of rotatable bonds is 3. The molecule has 3 rings (SSSR count). The fourth-order valence-corrected chi connectivity index (χ4v) is 2.45. The maximum Gasteiger partial charge on any atom is 0.300 e. The van der Waals surface area contributed by atoms with E-state index >= 15 is 0 Å². The minimum atomic E-state index is -0.520. The van der Waals surface area contributed by atoms with Gasteiger partial charge in [-0.25, -0.2) is 4.63 Å². The fourth-order valence-electron chi connectivity index (χ4n) is 2.45. The second-order valence-corrected chi connectivity index (χ2v) is 5.62. The van der Waals surface area contributed by atoms with Crippen molar-refractivity contribution in [2.75, 3.05) is 5.32 Å². The number of non-ortho nitro benzene ring substituents is 1. The van der Waals surface area contributed by atoms with E-state index in [2.05, 4.69) is 20.3 Å². The predicted octanol–water partition coefficient (Wildman–Crippen LogP) is 1.70. The van der Waals surface area contributed by atoms with Crippen LogP contribution in [0.2, 0.25) is 0 Å². The molecule has 0 aliphatic heterocycles. The molecule has 2 atom stereocenters. The molecule has 8 nitrogen and oxygen atoms in total. The summed E-state index contributed by atoms with van der Waals surface area (Å²) in [4.78, 5) is 10.4. The van der Waals surface area contributed by atoms with Crippen molar-refractivity contribution in [2.24, 2.45) is 5.41 Å². The summed E-state index contributed by atoms with van der Waals surface area (Å²) < 4.78 is 4.61. The number of nitro groups is 1. The van der Waals surface area contributed by atoms with Crippen molar-refractivity contribution < 1.29 is 14.7 Å². The molecule has 0 bridgehead atoms. The second-order valence-electron chi connectivity index (χ2n) is 5.62. The van der Waals surface area contributed by atoms with Crippen molar-refractivity contribution >= 4 is 22.4 Å². The summed E-state index contributed by atoms with van der Waals surface area (Å²) in [6.07, 6.45) is 0.264. The van der Waals surface area contributed by atoms with Crippen molar-refractivity contribution in [1.29, 1.82) is 0 Å². The van der Waals surface area contributed by atoms with Gasteiger partial charge in [0, 0.05) is 17.5 Å². The van der Waals surface area contributed by atoms with Crippen LogP contribution in [-0.2, 0) is 0 Å². The van der Waals surface area contributed by atoms with E-state index in [1.54, 1.807) is 6.07 Å². The van der Waals surface area contributed by atoms with Gasteiger partial charge < -0.3 is 10.4 Å². The zero-order valence-corrected chi connectivity index (χ0v) is 11.0. The Bertz CT molecular complexity index is 681. The monoisotopic (exact) mass is 278 g/mol. The van der Waals surface area contributed by atoms with Gasteiger partial charge in [0.15, 0.2) is 5.52 Å². The minimum Gasteiger partial charge on any atom is -0.392 e.